The van der Waals surface area contributed by atoms with Gasteiger partial charge in [-0.2, -0.15) is 0 Å². The number of urea groups is 1. The van der Waals surface area contributed by atoms with Gasteiger partial charge in [-0.1, -0.05) is 99.2 Å². The van der Waals surface area contributed by atoms with E-state index in [1.54, 1.807) is 0 Å². The van der Waals surface area contributed by atoms with Gasteiger partial charge in [0.1, 0.15) is 6.54 Å². The molecule has 6 nitrogen and oxygen atoms in total. The van der Waals surface area contributed by atoms with E-state index in [1.807, 2.05) is 60.7 Å². The molecule has 0 spiro atoms. The molecular formula is C29H35N3O3. The van der Waals surface area contributed by atoms with Crippen LogP contribution in [-0.2, 0) is 15.1 Å². The van der Waals surface area contributed by atoms with Gasteiger partial charge in [0, 0.05) is 12.1 Å². The highest BCUT2D eigenvalue weighted by Gasteiger charge is 2.54. The van der Waals surface area contributed by atoms with Crippen LogP contribution in [0, 0.1) is 0 Å². The summed E-state index contributed by atoms with van der Waals surface area (Å²) in [7, 11) is 0. The maximum atomic E-state index is 14.0. The van der Waals surface area contributed by atoms with Crippen LogP contribution in [0.1, 0.15) is 75.3 Å². The zero-order valence-corrected chi connectivity index (χ0v) is 20.3. The minimum Gasteiger partial charge on any atom is -0.335 e. The van der Waals surface area contributed by atoms with Crippen molar-refractivity contribution in [2.45, 2.75) is 81.8 Å². The number of carbonyl (C=O) groups excluding carboxylic acids is 3. The van der Waals surface area contributed by atoms with E-state index in [0.29, 0.717) is 11.1 Å². The molecular weight excluding hydrogens is 438 g/mol. The van der Waals surface area contributed by atoms with Crippen LogP contribution in [0.4, 0.5) is 4.79 Å². The largest absolute Gasteiger partial charge is 0.335 e. The molecule has 184 valence electrons. The van der Waals surface area contributed by atoms with Crippen LogP contribution in [-0.4, -0.2) is 46.3 Å². The average molecular weight is 474 g/mol. The second-order valence-electron chi connectivity index (χ2n) is 10.2. The summed E-state index contributed by atoms with van der Waals surface area (Å²) < 4.78 is 0. The first-order valence-electron chi connectivity index (χ1n) is 13.2. The summed E-state index contributed by atoms with van der Waals surface area (Å²) >= 11 is 0. The molecule has 4 amide bonds. The Balaban J connectivity index is 1.45. The molecule has 35 heavy (non-hydrogen) atoms. The molecule has 1 N–H and O–H groups in total. The van der Waals surface area contributed by atoms with Crippen LogP contribution in [0.2, 0.25) is 0 Å². The number of carbonyl (C=O) groups is 3. The first-order chi connectivity index (χ1) is 17.1. The van der Waals surface area contributed by atoms with Gasteiger partial charge in [-0.3, -0.25) is 14.5 Å². The van der Waals surface area contributed by atoms with Crippen LogP contribution < -0.4 is 5.32 Å². The van der Waals surface area contributed by atoms with Gasteiger partial charge >= 0.3 is 6.03 Å². The Hall–Kier alpha value is -3.15. The Morgan fingerprint density at radius 2 is 1.23 bits per heavy atom. The van der Waals surface area contributed by atoms with Crippen molar-refractivity contribution in [1.82, 2.24) is 15.1 Å². The summed E-state index contributed by atoms with van der Waals surface area (Å²) in [6, 6.07) is 18.6. The number of imide groups is 1. The molecule has 3 fully saturated rings. The maximum absolute atomic E-state index is 14.0. The van der Waals surface area contributed by atoms with Crippen molar-refractivity contribution in [3.63, 3.8) is 0 Å². The highest BCUT2D eigenvalue weighted by molar-refractivity contribution is 6.11. The van der Waals surface area contributed by atoms with Crippen molar-refractivity contribution in [1.29, 1.82) is 0 Å². The maximum Gasteiger partial charge on any atom is 0.326 e. The van der Waals surface area contributed by atoms with Gasteiger partial charge in [-0.15, -0.1) is 0 Å². The van der Waals surface area contributed by atoms with E-state index in [4.69, 9.17) is 0 Å². The summed E-state index contributed by atoms with van der Waals surface area (Å²) in [6.07, 6.45) is 11.0. The average Bonchev–Trinajstić information content (AvgIpc) is 3.17. The minimum absolute atomic E-state index is 0.0933. The van der Waals surface area contributed by atoms with Gasteiger partial charge in [0.2, 0.25) is 5.91 Å². The zero-order chi connectivity index (χ0) is 24.3. The van der Waals surface area contributed by atoms with Crippen molar-refractivity contribution in [2.24, 2.45) is 0 Å². The number of nitrogens with zero attached hydrogens (tertiary/aromatic N) is 2. The van der Waals surface area contributed by atoms with E-state index >= 15 is 0 Å². The van der Waals surface area contributed by atoms with E-state index in [1.165, 1.54) is 12.8 Å². The lowest BCUT2D eigenvalue weighted by Crippen LogP contribution is -2.53. The fourth-order valence-electron chi connectivity index (χ4n) is 6.29. The molecule has 2 aromatic carbocycles. The van der Waals surface area contributed by atoms with Crippen molar-refractivity contribution in [2.75, 3.05) is 6.54 Å². The molecule has 0 aromatic heterocycles. The Morgan fingerprint density at radius 1 is 0.771 bits per heavy atom. The van der Waals surface area contributed by atoms with E-state index in [2.05, 4.69) is 10.2 Å². The van der Waals surface area contributed by atoms with Crippen LogP contribution >= 0.6 is 0 Å². The number of amides is 4. The number of rotatable bonds is 6. The lowest BCUT2D eigenvalue weighted by atomic mass is 9.82. The number of hydrogen-bond donors (Lipinski definition) is 1. The lowest BCUT2D eigenvalue weighted by molar-refractivity contribution is -0.143. The van der Waals surface area contributed by atoms with E-state index < -0.39 is 11.6 Å². The fourth-order valence-corrected chi connectivity index (χ4v) is 6.29. The van der Waals surface area contributed by atoms with Crippen molar-refractivity contribution < 1.29 is 14.4 Å². The number of hydrogen-bond acceptors (Lipinski definition) is 3. The van der Waals surface area contributed by atoms with E-state index in [0.717, 1.165) is 56.3 Å². The van der Waals surface area contributed by atoms with Gasteiger partial charge in [-0.25, -0.2) is 4.79 Å². The molecule has 6 heteroatoms. The molecule has 3 aliphatic rings. The van der Waals surface area contributed by atoms with Gasteiger partial charge in [0.15, 0.2) is 5.54 Å². The van der Waals surface area contributed by atoms with Crippen molar-refractivity contribution in [3.8, 4) is 0 Å². The topological polar surface area (TPSA) is 69.7 Å². The summed E-state index contributed by atoms with van der Waals surface area (Å²) in [6.45, 7) is -0.209. The van der Waals surface area contributed by atoms with Gasteiger partial charge in [0.25, 0.3) is 5.91 Å². The van der Waals surface area contributed by atoms with Crippen LogP contribution in [0.3, 0.4) is 0 Å². The second kappa shape index (κ2) is 10.2. The van der Waals surface area contributed by atoms with Crippen LogP contribution in [0.5, 0.6) is 0 Å². The summed E-state index contributed by atoms with van der Waals surface area (Å²) in [5.74, 6) is -0.482. The Morgan fingerprint density at radius 3 is 1.69 bits per heavy atom. The summed E-state index contributed by atoms with van der Waals surface area (Å²) in [4.78, 5) is 44.3. The Kier molecular flexibility index (Phi) is 6.89. The monoisotopic (exact) mass is 473 g/mol. The van der Waals surface area contributed by atoms with Crippen molar-refractivity contribution in [3.05, 3.63) is 71.8 Å². The lowest BCUT2D eigenvalue weighted by Gasteiger charge is -2.42. The zero-order valence-electron chi connectivity index (χ0n) is 20.3. The highest BCUT2D eigenvalue weighted by atomic mass is 16.2. The minimum atomic E-state index is -1.33. The fraction of sp³-hybridized carbons (Fsp3) is 0.483. The quantitative estimate of drug-likeness (QED) is 0.602. The number of nitrogens with one attached hydrogen (secondary N) is 1. The van der Waals surface area contributed by atoms with E-state index in [-0.39, 0.29) is 30.4 Å². The van der Waals surface area contributed by atoms with E-state index in [9.17, 15) is 14.4 Å². The van der Waals surface area contributed by atoms with Crippen LogP contribution in [0.15, 0.2) is 60.7 Å². The first kappa shape index (κ1) is 23.6. The highest BCUT2D eigenvalue weighted by Crippen LogP contribution is 2.36. The SMILES string of the molecule is O=C1NC(c2ccccc2)(c2ccccc2)C(=O)N1CC(=O)N(C1CCCCC1)C1CCCCC1. The molecule has 2 aromatic rings. The third-order valence-corrected chi connectivity index (χ3v) is 8.04. The molecule has 0 radical (unpaired) electrons. The first-order valence-corrected chi connectivity index (χ1v) is 13.2. The van der Waals surface area contributed by atoms with Crippen molar-refractivity contribution >= 4 is 17.8 Å². The third-order valence-electron chi connectivity index (χ3n) is 8.04. The Labute approximate surface area is 207 Å². The second-order valence-corrected chi connectivity index (χ2v) is 10.2. The summed E-state index contributed by atoms with van der Waals surface area (Å²) in [5, 5.41) is 2.97. The molecule has 2 saturated carbocycles. The van der Waals surface area contributed by atoms with Gasteiger partial charge < -0.3 is 10.2 Å². The molecule has 1 saturated heterocycles. The molecule has 0 atom stereocenters. The predicted molar refractivity (Wildman–Crippen MR) is 135 cm³/mol. The van der Waals surface area contributed by atoms with Crippen LogP contribution in [0.25, 0.3) is 0 Å². The third kappa shape index (κ3) is 4.46. The molecule has 5 rings (SSSR count). The molecule has 1 heterocycles. The summed E-state index contributed by atoms with van der Waals surface area (Å²) in [5.41, 5.74) is 0.0484. The molecule has 0 unspecified atom stereocenters. The predicted octanol–water partition coefficient (Wildman–Crippen LogP) is 4.98. The number of benzene rings is 2. The van der Waals surface area contributed by atoms with Gasteiger partial charge in [0.05, 0.1) is 0 Å². The molecule has 0 bridgehead atoms. The smallest absolute Gasteiger partial charge is 0.326 e. The Bertz CT molecular complexity index is 986. The van der Waals surface area contributed by atoms with Gasteiger partial charge in [-0.05, 0) is 36.8 Å². The molecule has 2 aliphatic carbocycles. The molecule has 1 aliphatic heterocycles. The standard InChI is InChI=1S/C29H35N3O3/c33-26(32(24-17-9-3-10-18-24)25-19-11-4-12-20-25)21-31-27(34)29(30-28(31)35,22-13-5-1-6-14-22)23-15-7-2-8-16-23/h1-2,5-8,13-16,24-25H,3-4,9-12,17-21H2,(H,30,35). The normalized spacial score (nSPS) is 21.1.